The first kappa shape index (κ1) is 13.6. The number of nitrogens with zero attached hydrogens (tertiary/aromatic N) is 2. The lowest BCUT2D eigenvalue weighted by Crippen LogP contribution is -2.40. The van der Waals surface area contributed by atoms with Gasteiger partial charge in [0.05, 0.1) is 6.42 Å². The second-order valence-electron chi connectivity index (χ2n) is 5.05. The van der Waals surface area contributed by atoms with E-state index in [2.05, 4.69) is 10.3 Å². The number of carboxylic acid groups (broad SMARTS) is 1. The molecule has 1 aromatic rings. The van der Waals surface area contributed by atoms with E-state index in [0.29, 0.717) is 6.54 Å². The maximum absolute atomic E-state index is 12.1. The summed E-state index contributed by atoms with van der Waals surface area (Å²) in [5.41, 5.74) is -0.716. The normalized spacial score (nSPS) is 17.3. The van der Waals surface area contributed by atoms with Gasteiger partial charge in [-0.1, -0.05) is 12.8 Å². The van der Waals surface area contributed by atoms with Gasteiger partial charge in [0.15, 0.2) is 5.82 Å². The fraction of sp³-hybridized carbons (Fsp3) is 0.615. The highest BCUT2D eigenvalue weighted by Gasteiger charge is 2.36. The Hall–Kier alpha value is -1.85. The largest absolute Gasteiger partial charge is 0.481 e. The number of hydrogen-bond acceptors (Lipinski definition) is 4. The van der Waals surface area contributed by atoms with E-state index in [0.717, 1.165) is 25.7 Å². The number of aliphatic carboxylic acids is 1. The highest BCUT2D eigenvalue weighted by Crippen LogP contribution is 2.34. The molecule has 0 spiro atoms. The van der Waals surface area contributed by atoms with E-state index in [1.165, 1.54) is 0 Å². The maximum Gasteiger partial charge on any atom is 0.305 e. The Morgan fingerprint density at radius 3 is 2.79 bits per heavy atom. The van der Waals surface area contributed by atoms with Crippen molar-refractivity contribution in [2.24, 2.45) is 0 Å². The summed E-state index contributed by atoms with van der Waals surface area (Å²) in [6.07, 6.45) is 6.71. The van der Waals surface area contributed by atoms with Crippen LogP contribution in [0.15, 0.2) is 17.2 Å². The van der Waals surface area contributed by atoms with Crippen LogP contribution in [0.1, 0.15) is 39.0 Å². The fourth-order valence-corrected chi connectivity index (χ4v) is 2.72. The standard InChI is InChI=1S/C13H19N3O3/c1-2-16-8-7-14-11(12(16)19)15-13(9-10(17)18)5-3-4-6-13/h7-8H,2-6,9H2,1H3,(H,14,15)(H,17,18). The SMILES string of the molecule is CCn1ccnc(NC2(CC(=O)O)CCCC2)c1=O. The van der Waals surface area contributed by atoms with E-state index >= 15 is 0 Å². The van der Waals surface area contributed by atoms with Crippen molar-refractivity contribution in [1.82, 2.24) is 9.55 Å². The molecule has 0 radical (unpaired) electrons. The maximum atomic E-state index is 12.1. The molecule has 0 unspecified atom stereocenters. The van der Waals surface area contributed by atoms with E-state index in [-0.39, 0.29) is 17.8 Å². The third-order valence-corrected chi connectivity index (χ3v) is 3.69. The first-order valence-electron chi connectivity index (χ1n) is 6.62. The molecule has 6 nitrogen and oxygen atoms in total. The van der Waals surface area contributed by atoms with E-state index in [1.807, 2.05) is 6.92 Å². The van der Waals surface area contributed by atoms with Gasteiger partial charge in [0.25, 0.3) is 5.56 Å². The topological polar surface area (TPSA) is 84.2 Å². The second-order valence-corrected chi connectivity index (χ2v) is 5.05. The fourth-order valence-electron chi connectivity index (χ4n) is 2.72. The summed E-state index contributed by atoms with van der Waals surface area (Å²) >= 11 is 0. The predicted molar refractivity (Wildman–Crippen MR) is 71.2 cm³/mol. The zero-order valence-electron chi connectivity index (χ0n) is 11.1. The molecule has 0 amide bonds. The Morgan fingerprint density at radius 1 is 1.53 bits per heavy atom. The van der Waals surface area contributed by atoms with Crippen molar-refractivity contribution in [2.75, 3.05) is 5.32 Å². The Kier molecular flexibility index (Phi) is 3.87. The number of carboxylic acids is 1. The molecule has 104 valence electrons. The van der Waals surface area contributed by atoms with Gasteiger partial charge in [-0.3, -0.25) is 9.59 Å². The summed E-state index contributed by atoms with van der Waals surface area (Å²) < 4.78 is 1.55. The number of rotatable bonds is 5. The summed E-state index contributed by atoms with van der Waals surface area (Å²) in [6, 6.07) is 0. The minimum atomic E-state index is -0.846. The van der Waals surface area contributed by atoms with Crippen LogP contribution in [0, 0.1) is 0 Å². The first-order valence-corrected chi connectivity index (χ1v) is 6.62. The Balaban J connectivity index is 2.27. The van der Waals surface area contributed by atoms with Crippen LogP contribution in [0.4, 0.5) is 5.82 Å². The third kappa shape index (κ3) is 2.94. The van der Waals surface area contributed by atoms with Crippen molar-refractivity contribution >= 4 is 11.8 Å². The summed E-state index contributed by atoms with van der Waals surface area (Å²) in [7, 11) is 0. The molecule has 6 heteroatoms. The quantitative estimate of drug-likeness (QED) is 0.842. The molecule has 0 atom stereocenters. The van der Waals surface area contributed by atoms with Crippen molar-refractivity contribution in [2.45, 2.75) is 51.1 Å². The lowest BCUT2D eigenvalue weighted by Gasteiger charge is -2.29. The van der Waals surface area contributed by atoms with Crippen LogP contribution in [-0.2, 0) is 11.3 Å². The van der Waals surface area contributed by atoms with Crippen LogP contribution in [0.5, 0.6) is 0 Å². The molecule has 1 aliphatic carbocycles. The van der Waals surface area contributed by atoms with Gasteiger partial charge in [-0.15, -0.1) is 0 Å². The van der Waals surface area contributed by atoms with Crippen LogP contribution in [0.25, 0.3) is 0 Å². The molecule has 2 rings (SSSR count). The zero-order chi connectivity index (χ0) is 13.9. The van der Waals surface area contributed by atoms with Gasteiger partial charge in [0.1, 0.15) is 0 Å². The second kappa shape index (κ2) is 5.42. The van der Waals surface area contributed by atoms with Gasteiger partial charge in [-0.2, -0.15) is 0 Å². The summed E-state index contributed by atoms with van der Waals surface area (Å²) in [5.74, 6) is -0.589. The van der Waals surface area contributed by atoms with Crippen LogP contribution in [-0.4, -0.2) is 26.2 Å². The molecule has 1 aliphatic rings. The van der Waals surface area contributed by atoms with Gasteiger partial charge in [-0.25, -0.2) is 4.98 Å². The van der Waals surface area contributed by atoms with Gasteiger partial charge >= 0.3 is 5.97 Å². The van der Waals surface area contributed by atoms with Crippen molar-refractivity contribution < 1.29 is 9.90 Å². The van der Waals surface area contributed by atoms with Gasteiger partial charge in [0, 0.05) is 24.5 Å². The lowest BCUT2D eigenvalue weighted by atomic mass is 9.93. The molecule has 1 heterocycles. The van der Waals surface area contributed by atoms with Crippen molar-refractivity contribution in [3.63, 3.8) is 0 Å². The van der Waals surface area contributed by atoms with Gasteiger partial charge in [-0.05, 0) is 19.8 Å². The molecule has 2 N–H and O–H groups in total. The molecule has 0 saturated heterocycles. The third-order valence-electron chi connectivity index (χ3n) is 3.69. The molecule has 19 heavy (non-hydrogen) atoms. The number of hydrogen-bond donors (Lipinski definition) is 2. The van der Waals surface area contributed by atoms with Crippen molar-refractivity contribution in [1.29, 1.82) is 0 Å². The van der Waals surface area contributed by atoms with E-state index in [1.54, 1.807) is 17.0 Å². The molecule has 1 saturated carbocycles. The van der Waals surface area contributed by atoms with Gasteiger partial charge < -0.3 is 15.0 Å². The Labute approximate surface area is 111 Å². The number of carbonyl (C=O) groups is 1. The molecule has 0 aliphatic heterocycles. The van der Waals surface area contributed by atoms with E-state index in [9.17, 15) is 9.59 Å². The average Bonchev–Trinajstić information content (AvgIpc) is 2.79. The Morgan fingerprint density at radius 2 is 2.21 bits per heavy atom. The minimum absolute atomic E-state index is 0.0230. The van der Waals surface area contributed by atoms with Crippen LogP contribution >= 0.6 is 0 Å². The predicted octanol–water partition coefficient (Wildman–Crippen LogP) is 1.46. The summed E-state index contributed by atoms with van der Waals surface area (Å²) in [6.45, 7) is 2.45. The molecule has 1 aromatic heterocycles. The molecular weight excluding hydrogens is 246 g/mol. The number of aryl methyl sites for hydroxylation is 1. The average molecular weight is 265 g/mol. The molecule has 0 bridgehead atoms. The zero-order valence-corrected chi connectivity index (χ0v) is 11.1. The van der Waals surface area contributed by atoms with Crippen molar-refractivity contribution in [3.05, 3.63) is 22.7 Å². The monoisotopic (exact) mass is 265 g/mol. The number of anilines is 1. The number of nitrogens with one attached hydrogen (secondary N) is 1. The van der Waals surface area contributed by atoms with E-state index in [4.69, 9.17) is 5.11 Å². The highest BCUT2D eigenvalue weighted by molar-refractivity contribution is 5.69. The highest BCUT2D eigenvalue weighted by atomic mass is 16.4. The molecular formula is C13H19N3O3. The van der Waals surface area contributed by atoms with Crippen LogP contribution in [0.2, 0.25) is 0 Å². The van der Waals surface area contributed by atoms with Gasteiger partial charge in [0.2, 0.25) is 0 Å². The van der Waals surface area contributed by atoms with Crippen molar-refractivity contribution in [3.8, 4) is 0 Å². The van der Waals surface area contributed by atoms with Crippen LogP contribution in [0.3, 0.4) is 0 Å². The molecule has 0 aromatic carbocycles. The Bertz CT molecular complexity index is 518. The van der Waals surface area contributed by atoms with E-state index < -0.39 is 11.5 Å². The summed E-state index contributed by atoms with van der Waals surface area (Å²) in [5, 5.41) is 12.1. The smallest absolute Gasteiger partial charge is 0.305 e. The van der Waals surface area contributed by atoms with Crippen LogP contribution < -0.4 is 10.9 Å². The number of aromatic nitrogens is 2. The molecule has 1 fully saturated rings. The first-order chi connectivity index (χ1) is 9.06. The summed E-state index contributed by atoms with van der Waals surface area (Å²) in [4.78, 5) is 27.2. The lowest BCUT2D eigenvalue weighted by molar-refractivity contribution is -0.138. The minimum Gasteiger partial charge on any atom is -0.481 e.